The van der Waals surface area contributed by atoms with Crippen molar-refractivity contribution in [1.29, 1.82) is 0 Å². The minimum atomic E-state index is -0.705. The van der Waals surface area contributed by atoms with E-state index in [0.717, 1.165) is 0 Å². The van der Waals surface area contributed by atoms with Gasteiger partial charge >= 0.3 is 0 Å². The molecule has 0 aliphatic rings. The van der Waals surface area contributed by atoms with Gasteiger partial charge < -0.3 is 9.47 Å². The van der Waals surface area contributed by atoms with E-state index in [-0.39, 0.29) is 0 Å². The van der Waals surface area contributed by atoms with Gasteiger partial charge in [-0.3, -0.25) is 0 Å². The number of para-hydroxylation sites is 2. The van der Waals surface area contributed by atoms with Crippen molar-refractivity contribution in [3.63, 3.8) is 0 Å². The molecule has 2 heterocycles. The molecule has 0 bridgehead atoms. The average molecular weight is 344 g/mol. The van der Waals surface area contributed by atoms with Gasteiger partial charge in [-0.1, -0.05) is 42.5 Å². The van der Waals surface area contributed by atoms with Crippen LogP contribution in [0.5, 0.6) is 11.5 Å². The van der Waals surface area contributed by atoms with E-state index in [0.29, 0.717) is 23.0 Å². The lowest BCUT2D eigenvalue weighted by molar-refractivity contribution is 0.000314. The number of hydrogen-bond donors (Lipinski definition) is 0. The molecule has 128 valence electrons. The maximum atomic E-state index is 6.05. The Balaban J connectivity index is 1.67. The van der Waals surface area contributed by atoms with Gasteiger partial charge in [-0.05, 0) is 36.4 Å². The summed E-state index contributed by atoms with van der Waals surface area (Å²) in [7, 11) is 0. The molecule has 0 saturated heterocycles. The summed E-state index contributed by atoms with van der Waals surface area (Å²) in [5, 5.41) is 4.12. The van der Waals surface area contributed by atoms with Crippen LogP contribution < -0.4 is 9.47 Å². The van der Waals surface area contributed by atoms with Crippen LogP contribution in [0.1, 0.15) is 12.0 Å². The van der Waals surface area contributed by atoms with E-state index in [1.807, 2.05) is 78.9 Å². The molecule has 0 amide bonds. The fraction of sp³-hybridized carbons (Fsp3) is 0.0500. The number of aromatic nitrogens is 4. The topological polar surface area (TPSA) is 62.1 Å². The first kappa shape index (κ1) is 15.8. The summed E-state index contributed by atoms with van der Waals surface area (Å²) in [6.45, 7) is 0. The van der Waals surface area contributed by atoms with Gasteiger partial charge in [-0.2, -0.15) is 5.10 Å². The van der Waals surface area contributed by atoms with Gasteiger partial charge in [0.05, 0.1) is 0 Å². The summed E-state index contributed by atoms with van der Waals surface area (Å²) in [5.41, 5.74) is 0.630. The number of benzene rings is 2. The van der Waals surface area contributed by atoms with Crippen molar-refractivity contribution in [3.05, 3.63) is 97.2 Å². The predicted molar refractivity (Wildman–Crippen MR) is 96.0 cm³/mol. The van der Waals surface area contributed by atoms with Crippen LogP contribution in [0, 0.1) is 0 Å². The SMILES string of the molecule is c1ccc(OC(Oc2ccccc2)c2cccc(-n3cncn3)n2)cc1. The van der Waals surface area contributed by atoms with E-state index in [1.54, 1.807) is 11.0 Å². The van der Waals surface area contributed by atoms with E-state index in [1.165, 1.54) is 6.33 Å². The molecule has 0 aliphatic carbocycles. The second-order valence-corrected chi connectivity index (χ2v) is 5.45. The largest absolute Gasteiger partial charge is 0.449 e. The van der Waals surface area contributed by atoms with Crippen molar-refractivity contribution in [3.8, 4) is 17.3 Å². The van der Waals surface area contributed by atoms with Crippen LogP contribution in [0.4, 0.5) is 0 Å². The second-order valence-electron chi connectivity index (χ2n) is 5.45. The number of ether oxygens (including phenoxy) is 2. The predicted octanol–water partition coefficient (Wildman–Crippen LogP) is 3.82. The van der Waals surface area contributed by atoms with Gasteiger partial charge in [-0.25, -0.2) is 14.6 Å². The summed E-state index contributed by atoms with van der Waals surface area (Å²) in [6.07, 6.45) is 2.35. The lowest BCUT2D eigenvalue weighted by atomic mass is 10.3. The first-order valence-electron chi connectivity index (χ1n) is 8.14. The van der Waals surface area contributed by atoms with Crippen LogP contribution in [0.15, 0.2) is 91.5 Å². The highest BCUT2D eigenvalue weighted by molar-refractivity contribution is 5.27. The molecule has 26 heavy (non-hydrogen) atoms. The minimum Gasteiger partial charge on any atom is -0.449 e. The molecule has 4 aromatic rings. The third-order valence-corrected chi connectivity index (χ3v) is 3.62. The molecule has 6 heteroatoms. The molecule has 0 aliphatic heterocycles. The average Bonchev–Trinajstić information content (AvgIpc) is 3.24. The zero-order valence-corrected chi connectivity index (χ0v) is 13.8. The van der Waals surface area contributed by atoms with Crippen LogP contribution in [-0.4, -0.2) is 19.7 Å². The number of pyridine rings is 1. The van der Waals surface area contributed by atoms with Crippen molar-refractivity contribution < 1.29 is 9.47 Å². The van der Waals surface area contributed by atoms with E-state index in [4.69, 9.17) is 9.47 Å². The Morgan fingerprint density at radius 2 is 1.38 bits per heavy atom. The molecule has 0 unspecified atom stereocenters. The lowest BCUT2D eigenvalue weighted by Crippen LogP contribution is -2.17. The highest BCUT2D eigenvalue weighted by Crippen LogP contribution is 2.25. The zero-order chi connectivity index (χ0) is 17.6. The molecule has 0 spiro atoms. The Bertz CT molecular complexity index is 902. The number of hydrogen-bond acceptors (Lipinski definition) is 5. The quantitative estimate of drug-likeness (QED) is 0.498. The Morgan fingerprint density at radius 1 is 0.731 bits per heavy atom. The molecule has 2 aromatic heterocycles. The van der Waals surface area contributed by atoms with Gasteiger partial charge in [0.15, 0.2) is 5.82 Å². The summed E-state index contributed by atoms with van der Waals surface area (Å²) in [4.78, 5) is 8.58. The van der Waals surface area contributed by atoms with Crippen LogP contribution in [-0.2, 0) is 0 Å². The van der Waals surface area contributed by atoms with E-state index in [9.17, 15) is 0 Å². The molecule has 2 aromatic carbocycles. The molecule has 0 saturated carbocycles. The third-order valence-electron chi connectivity index (χ3n) is 3.62. The van der Waals surface area contributed by atoms with Crippen molar-refractivity contribution in [2.45, 2.75) is 6.29 Å². The molecular formula is C20H16N4O2. The molecule has 4 rings (SSSR count). The Morgan fingerprint density at radius 3 is 1.96 bits per heavy atom. The van der Waals surface area contributed by atoms with Crippen molar-refractivity contribution in [2.75, 3.05) is 0 Å². The first-order valence-corrected chi connectivity index (χ1v) is 8.14. The highest BCUT2D eigenvalue weighted by atomic mass is 16.7. The lowest BCUT2D eigenvalue weighted by Gasteiger charge is -2.20. The molecule has 6 nitrogen and oxygen atoms in total. The summed E-state index contributed by atoms with van der Waals surface area (Å²) < 4.78 is 13.7. The third kappa shape index (κ3) is 3.70. The smallest absolute Gasteiger partial charge is 0.284 e. The van der Waals surface area contributed by atoms with Crippen molar-refractivity contribution in [2.24, 2.45) is 0 Å². The zero-order valence-electron chi connectivity index (χ0n) is 13.8. The van der Waals surface area contributed by atoms with Crippen LogP contribution in [0.2, 0.25) is 0 Å². The highest BCUT2D eigenvalue weighted by Gasteiger charge is 2.18. The fourth-order valence-corrected chi connectivity index (χ4v) is 2.42. The van der Waals surface area contributed by atoms with E-state index >= 15 is 0 Å². The monoisotopic (exact) mass is 344 g/mol. The minimum absolute atomic E-state index is 0.630. The molecular weight excluding hydrogens is 328 g/mol. The van der Waals surface area contributed by atoms with Gasteiger partial charge in [0.2, 0.25) is 0 Å². The number of rotatable bonds is 6. The number of nitrogens with zero attached hydrogens (tertiary/aromatic N) is 4. The fourth-order valence-electron chi connectivity index (χ4n) is 2.42. The molecule has 0 N–H and O–H groups in total. The maximum absolute atomic E-state index is 6.05. The maximum Gasteiger partial charge on any atom is 0.284 e. The Hall–Kier alpha value is -3.67. The summed E-state index contributed by atoms with van der Waals surface area (Å²) >= 11 is 0. The van der Waals surface area contributed by atoms with Crippen LogP contribution in [0.3, 0.4) is 0 Å². The van der Waals surface area contributed by atoms with Crippen molar-refractivity contribution in [1.82, 2.24) is 19.7 Å². The first-order chi connectivity index (χ1) is 12.9. The summed E-state index contributed by atoms with van der Waals surface area (Å²) in [6, 6.07) is 24.6. The second kappa shape index (κ2) is 7.48. The molecule has 0 atom stereocenters. The van der Waals surface area contributed by atoms with E-state index in [2.05, 4.69) is 15.1 Å². The standard InChI is InChI=1S/C20H16N4O2/c1-3-8-16(9-4-1)25-20(26-17-10-5-2-6-11-17)18-12-7-13-19(23-18)24-15-21-14-22-24/h1-15,20H. The molecule has 0 radical (unpaired) electrons. The summed E-state index contributed by atoms with van der Waals surface area (Å²) in [5.74, 6) is 2.03. The van der Waals surface area contributed by atoms with Gasteiger partial charge in [0.1, 0.15) is 29.8 Å². The van der Waals surface area contributed by atoms with Crippen molar-refractivity contribution >= 4 is 0 Å². The Labute approximate surface area is 150 Å². The van der Waals surface area contributed by atoms with Gasteiger partial charge in [0, 0.05) is 0 Å². The van der Waals surface area contributed by atoms with E-state index < -0.39 is 6.29 Å². The van der Waals surface area contributed by atoms with Crippen LogP contribution >= 0.6 is 0 Å². The molecule has 0 fully saturated rings. The normalized spacial score (nSPS) is 10.7. The van der Waals surface area contributed by atoms with Gasteiger partial charge in [-0.15, -0.1) is 0 Å². The van der Waals surface area contributed by atoms with Crippen LogP contribution in [0.25, 0.3) is 5.82 Å². The Kier molecular flexibility index (Phi) is 4.56. The van der Waals surface area contributed by atoms with Gasteiger partial charge in [0.25, 0.3) is 6.29 Å².